The van der Waals surface area contributed by atoms with Crippen molar-refractivity contribution >= 4 is 5.69 Å². The second-order valence-electron chi connectivity index (χ2n) is 6.04. The summed E-state index contributed by atoms with van der Waals surface area (Å²) in [4.78, 5) is 8.29. The Balaban J connectivity index is 1.82. The Morgan fingerprint density at radius 1 is 1.27 bits per heavy atom. The van der Waals surface area contributed by atoms with Crippen molar-refractivity contribution in [1.29, 1.82) is 0 Å². The first kappa shape index (κ1) is 17.1. The van der Waals surface area contributed by atoms with Gasteiger partial charge in [-0.1, -0.05) is 0 Å². The first-order chi connectivity index (χ1) is 10.5. The number of hydrogen-bond acceptors (Lipinski definition) is 5. The van der Waals surface area contributed by atoms with Crippen molar-refractivity contribution in [1.82, 2.24) is 9.88 Å². The van der Waals surface area contributed by atoms with Crippen LogP contribution in [0.1, 0.15) is 20.3 Å². The van der Waals surface area contributed by atoms with Gasteiger partial charge in [-0.15, -0.1) is 0 Å². The molecule has 1 aromatic rings. The summed E-state index contributed by atoms with van der Waals surface area (Å²) >= 11 is 0. The van der Waals surface area contributed by atoms with Gasteiger partial charge in [-0.25, -0.2) is 4.39 Å². The number of hydrogen-bond donors (Lipinski definition) is 1. The molecule has 124 valence electrons. The standard InChI is InChI=1S/C16H26FN3O2/c1-13(2)22-12-16(21)11-19-4-3-5-20(7-6-19)15-8-14(17)9-18-10-15/h8-10,13,16,21H,3-7,11-12H2,1-2H3/t16-/m0/s1. The van der Waals surface area contributed by atoms with Gasteiger partial charge in [-0.3, -0.25) is 9.88 Å². The molecule has 1 saturated heterocycles. The summed E-state index contributed by atoms with van der Waals surface area (Å²) in [7, 11) is 0. The quantitative estimate of drug-likeness (QED) is 0.863. The molecule has 22 heavy (non-hydrogen) atoms. The number of rotatable bonds is 6. The molecular weight excluding hydrogens is 285 g/mol. The second-order valence-corrected chi connectivity index (χ2v) is 6.04. The highest BCUT2D eigenvalue weighted by Crippen LogP contribution is 2.16. The summed E-state index contributed by atoms with van der Waals surface area (Å²) in [6, 6.07) is 1.52. The van der Waals surface area contributed by atoms with Gasteiger partial charge >= 0.3 is 0 Å². The number of aliphatic hydroxyl groups excluding tert-OH is 1. The van der Waals surface area contributed by atoms with Crippen LogP contribution in [0.25, 0.3) is 0 Å². The monoisotopic (exact) mass is 311 g/mol. The van der Waals surface area contributed by atoms with Crippen LogP contribution in [-0.2, 0) is 4.74 Å². The molecule has 0 spiro atoms. The third-order valence-corrected chi connectivity index (χ3v) is 3.74. The SMILES string of the molecule is CC(C)OC[C@@H](O)CN1CCCN(c2cncc(F)c2)CC1. The lowest BCUT2D eigenvalue weighted by Crippen LogP contribution is -2.38. The van der Waals surface area contributed by atoms with Crippen molar-refractivity contribution in [3.8, 4) is 0 Å². The Morgan fingerprint density at radius 3 is 2.82 bits per heavy atom. The molecule has 1 aromatic heterocycles. The van der Waals surface area contributed by atoms with Crippen molar-refractivity contribution in [3.63, 3.8) is 0 Å². The molecule has 1 aliphatic heterocycles. The Labute approximate surface area is 131 Å². The fourth-order valence-electron chi connectivity index (χ4n) is 2.64. The molecule has 0 unspecified atom stereocenters. The van der Waals surface area contributed by atoms with Crippen LogP contribution in [0.5, 0.6) is 0 Å². The average molecular weight is 311 g/mol. The van der Waals surface area contributed by atoms with Crippen LogP contribution in [0.15, 0.2) is 18.5 Å². The molecule has 1 aliphatic rings. The van der Waals surface area contributed by atoms with Crippen LogP contribution in [0.4, 0.5) is 10.1 Å². The lowest BCUT2D eigenvalue weighted by molar-refractivity contribution is -0.00766. The van der Waals surface area contributed by atoms with Gasteiger partial charge < -0.3 is 14.7 Å². The molecule has 0 aliphatic carbocycles. The predicted molar refractivity (Wildman–Crippen MR) is 84.6 cm³/mol. The van der Waals surface area contributed by atoms with Crippen LogP contribution in [-0.4, -0.2) is 66.5 Å². The fourth-order valence-corrected chi connectivity index (χ4v) is 2.64. The maximum absolute atomic E-state index is 13.3. The minimum Gasteiger partial charge on any atom is -0.389 e. The number of halogens is 1. The minimum absolute atomic E-state index is 0.134. The van der Waals surface area contributed by atoms with Gasteiger partial charge in [-0.05, 0) is 26.8 Å². The van der Waals surface area contributed by atoms with Crippen molar-refractivity contribution in [3.05, 3.63) is 24.3 Å². The van der Waals surface area contributed by atoms with Crippen LogP contribution >= 0.6 is 0 Å². The maximum Gasteiger partial charge on any atom is 0.143 e. The van der Waals surface area contributed by atoms with Gasteiger partial charge in [0, 0.05) is 32.2 Å². The maximum atomic E-state index is 13.3. The van der Waals surface area contributed by atoms with E-state index in [1.54, 1.807) is 6.20 Å². The van der Waals surface area contributed by atoms with E-state index < -0.39 is 6.10 Å². The number of aromatic nitrogens is 1. The van der Waals surface area contributed by atoms with E-state index in [0.717, 1.165) is 38.3 Å². The second kappa shape index (κ2) is 8.41. The third kappa shape index (κ3) is 5.51. The summed E-state index contributed by atoms with van der Waals surface area (Å²) in [5.74, 6) is -0.306. The lowest BCUT2D eigenvalue weighted by Gasteiger charge is -2.25. The molecule has 6 heteroatoms. The smallest absolute Gasteiger partial charge is 0.143 e. The van der Waals surface area contributed by atoms with Crippen molar-refractivity contribution < 1.29 is 14.2 Å². The van der Waals surface area contributed by atoms with E-state index in [2.05, 4.69) is 14.8 Å². The molecule has 0 aromatic carbocycles. The van der Waals surface area contributed by atoms with E-state index in [9.17, 15) is 9.50 Å². The number of nitrogens with zero attached hydrogens (tertiary/aromatic N) is 3. The zero-order valence-electron chi connectivity index (χ0n) is 13.4. The molecule has 5 nitrogen and oxygen atoms in total. The van der Waals surface area contributed by atoms with Gasteiger partial charge in [0.1, 0.15) is 5.82 Å². The van der Waals surface area contributed by atoms with Gasteiger partial charge in [0.25, 0.3) is 0 Å². The minimum atomic E-state index is -0.468. The number of aliphatic hydroxyl groups is 1. The van der Waals surface area contributed by atoms with Crippen molar-refractivity contribution in [2.45, 2.75) is 32.5 Å². The van der Waals surface area contributed by atoms with Crippen molar-refractivity contribution in [2.75, 3.05) is 44.2 Å². The summed E-state index contributed by atoms with van der Waals surface area (Å²) in [5.41, 5.74) is 0.825. The highest BCUT2D eigenvalue weighted by molar-refractivity contribution is 5.44. The van der Waals surface area contributed by atoms with Gasteiger partial charge in [0.2, 0.25) is 0 Å². The predicted octanol–water partition coefficient (Wildman–Crippen LogP) is 1.52. The zero-order chi connectivity index (χ0) is 15.9. The van der Waals surface area contributed by atoms with Gasteiger partial charge in [-0.2, -0.15) is 0 Å². The summed E-state index contributed by atoms with van der Waals surface area (Å²) < 4.78 is 18.7. The van der Waals surface area contributed by atoms with Crippen LogP contribution in [0.3, 0.4) is 0 Å². The van der Waals surface area contributed by atoms with Gasteiger partial charge in [0.05, 0.1) is 36.9 Å². The number of β-amino-alcohol motifs (C(OH)–C–C–N with tert-alkyl or cyclic N) is 1. The Kier molecular flexibility index (Phi) is 6.54. The van der Waals surface area contributed by atoms with E-state index in [1.807, 2.05) is 13.8 Å². The molecule has 2 heterocycles. The topological polar surface area (TPSA) is 48.8 Å². The van der Waals surface area contributed by atoms with E-state index in [1.165, 1.54) is 12.3 Å². The molecule has 0 bridgehead atoms. The molecule has 2 rings (SSSR count). The molecule has 0 saturated carbocycles. The average Bonchev–Trinajstić information content (AvgIpc) is 2.71. The molecule has 0 amide bonds. The third-order valence-electron chi connectivity index (χ3n) is 3.74. The fraction of sp³-hybridized carbons (Fsp3) is 0.688. The molecule has 1 fully saturated rings. The van der Waals surface area contributed by atoms with E-state index >= 15 is 0 Å². The molecule has 1 N–H and O–H groups in total. The van der Waals surface area contributed by atoms with E-state index in [4.69, 9.17) is 4.74 Å². The zero-order valence-corrected chi connectivity index (χ0v) is 13.4. The highest BCUT2D eigenvalue weighted by Gasteiger charge is 2.18. The summed E-state index contributed by atoms with van der Waals surface area (Å²) in [5, 5.41) is 10.0. The summed E-state index contributed by atoms with van der Waals surface area (Å²) in [6.07, 6.45) is 3.57. The number of pyridine rings is 1. The van der Waals surface area contributed by atoms with Crippen LogP contribution in [0.2, 0.25) is 0 Å². The molecular formula is C16H26FN3O2. The van der Waals surface area contributed by atoms with Crippen molar-refractivity contribution in [2.24, 2.45) is 0 Å². The van der Waals surface area contributed by atoms with Crippen LogP contribution in [0, 0.1) is 5.82 Å². The number of anilines is 1. The van der Waals surface area contributed by atoms with Gasteiger partial charge in [0.15, 0.2) is 0 Å². The van der Waals surface area contributed by atoms with Crippen LogP contribution < -0.4 is 4.90 Å². The first-order valence-electron chi connectivity index (χ1n) is 7.92. The highest BCUT2D eigenvalue weighted by atomic mass is 19.1. The van der Waals surface area contributed by atoms with E-state index in [0.29, 0.717) is 13.2 Å². The largest absolute Gasteiger partial charge is 0.389 e. The summed E-state index contributed by atoms with van der Waals surface area (Å²) in [6.45, 7) is 8.36. The molecule has 0 radical (unpaired) electrons. The Hall–Kier alpha value is -1.24. The normalized spacial score (nSPS) is 18.5. The van der Waals surface area contributed by atoms with E-state index in [-0.39, 0.29) is 11.9 Å². The lowest BCUT2D eigenvalue weighted by atomic mass is 10.3. The first-order valence-corrected chi connectivity index (χ1v) is 7.92. The Morgan fingerprint density at radius 2 is 2.09 bits per heavy atom. The molecule has 1 atom stereocenters. The number of ether oxygens (including phenoxy) is 1. The Bertz CT molecular complexity index is 459.